The van der Waals surface area contributed by atoms with E-state index >= 15 is 0 Å². The molecule has 0 fully saturated rings. The quantitative estimate of drug-likeness (QED) is 0.640. The van der Waals surface area contributed by atoms with Crippen molar-refractivity contribution in [3.05, 3.63) is 62.0 Å². The van der Waals surface area contributed by atoms with Crippen molar-refractivity contribution in [3.8, 4) is 0 Å². The van der Waals surface area contributed by atoms with Crippen molar-refractivity contribution < 1.29 is 4.79 Å². The van der Waals surface area contributed by atoms with Crippen LogP contribution < -0.4 is 5.73 Å². The van der Waals surface area contributed by atoms with E-state index in [-0.39, 0.29) is 5.78 Å². The van der Waals surface area contributed by atoms with E-state index in [0.717, 1.165) is 0 Å². The predicted molar refractivity (Wildman–Crippen MR) is 78.4 cm³/mol. The molecule has 0 atom stereocenters. The van der Waals surface area contributed by atoms with Gasteiger partial charge in [0.05, 0.1) is 10.0 Å². The number of hydrogen-bond acceptors (Lipinski definition) is 2. The van der Waals surface area contributed by atoms with Gasteiger partial charge in [-0.2, -0.15) is 0 Å². The fourth-order valence-corrected chi connectivity index (χ4v) is 2.28. The number of anilines is 1. The van der Waals surface area contributed by atoms with Crippen LogP contribution in [0.3, 0.4) is 0 Å². The lowest BCUT2D eigenvalue weighted by atomic mass is 10.0. The zero-order valence-electron chi connectivity index (χ0n) is 9.08. The highest BCUT2D eigenvalue weighted by molar-refractivity contribution is 9.10. The minimum atomic E-state index is -0.169. The van der Waals surface area contributed by atoms with Crippen molar-refractivity contribution in [1.82, 2.24) is 0 Å². The second-order valence-electron chi connectivity index (χ2n) is 3.70. The molecule has 0 aliphatic carbocycles. The van der Waals surface area contributed by atoms with E-state index in [9.17, 15) is 4.79 Å². The van der Waals surface area contributed by atoms with Crippen molar-refractivity contribution >= 4 is 50.6 Å². The van der Waals surface area contributed by atoms with Crippen LogP contribution >= 0.6 is 39.1 Å². The molecule has 0 aliphatic rings. The SMILES string of the molecule is Nc1ccc(C(=O)c2ccc(Cl)c(Br)c2)c(Cl)c1. The first-order valence-corrected chi connectivity index (χ1v) is 6.58. The molecule has 0 aromatic heterocycles. The summed E-state index contributed by atoms with van der Waals surface area (Å²) in [5.41, 5.74) is 7.04. The van der Waals surface area contributed by atoms with Crippen LogP contribution in [0.1, 0.15) is 15.9 Å². The molecule has 2 aromatic carbocycles. The van der Waals surface area contributed by atoms with E-state index in [1.54, 1.807) is 36.4 Å². The number of nitrogens with two attached hydrogens (primary N) is 1. The second-order valence-corrected chi connectivity index (χ2v) is 5.37. The zero-order valence-corrected chi connectivity index (χ0v) is 12.2. The van der Waals surface area contributed by atoms with Crippen molar-refractivity contribution in [1.29, 1.82) is 0 Å². The first kappa shape index (κ1) is 13.4. The summed E-state index contributed by atoms with van der Waals surface area (Å²) in [7, 11) is 0. The van der Waals surface area contributed by atoms with Crippen molar-refractivity contribution in [2.75, 3.05) is 5.73 Å². The number of ketones is 1. The van der Waals surface area contributed by atoms with Gasteiger partial charge in [0.15, 0.2) is 5.78 Å². The van der Waals surface area contributed by atoms with Crippen molar-refractivity contribution in [3.63, 3.8) is 0 Å². The van der Waals surface area contributed by atoms with E-state index in [1.807, 2.05) is 0 Å². The van der Waals surface area contributed by atoms with Crippen LogP contribution in [0.25, 0.3) is 0 Å². The third-order valence-electron chi connectivity index (χ3n) is 2.42. The summed E-state index contributed by atoms with van der Waals surface area (Å²) in [5.74, 6) is -0.169. The van der Waals surface area contributed by atoms with Crippen LogP contribution in [-0.2, 0) is 0 Å². The lowest BCUT2D eigenvalue weighted by molar-refractivity contribution is 0.103. The Morgan fingerprint density at radius 2 is 1.78 bits per heavy atom. The van der Waals surface area contributed by atoms with Crippen LogP contribution in [0, 0.1) is 0 Å². The Labute approximate surface area is 123 Å². The first-order valence-electron chi connectivity index (χ1n) is 5.04. The lowest BCUT2D eigenvalue weighted by Gasteiger charge is -2.05. The largest absolute Gasteiger partial charge is 0.399 e. The molecule has 2 N–H and O–H groups in total. The van der Waals surface area contributed by atoms with Gasteiger partial charge >= 0.3 is 0 Å². The number of carbonyl (C=O) groups excluding carboxylic acids is 1. The Hall–Kier alpha value is -1.03. The fourth-order valence-electron chi connectivity index (χ4n) is 1.51. The molecule has 0 radical (unpaired) electrons. The lowest BCUT2D eigenvalue weighted by Crippen LogP contribution is -2.02. The van der Waals surface area contributed by atoms with E-state index < -0.39 is 0 Å². The molecule has 0 saturated heterocycles. The molecule has 92 valence electrons. The smallest absolute Gasteiger partial charge is 0.194 e. The Bertz CT molecular complexity index is 628. The summed E-state index contributed by atoms with van der Waals surface area (Å²) < 4.78 is 0.668. The molecule has 0 spiro atoms. The standard InChI is InChI=1S/C13H8BrCl2NO/c14-10-5-7(1-4-11(10)15)13(18)9-3-2-8(17)6-12(9)16/h1-6H,17H2. The molecule has 0 bridgehead atoms. The van der Waals surface area contributed by atoms with Gasteiger partial charge < -0.3 is 5.73 Å². The molecule has 18 heavy (non-hydrogen) atoms. The highest BCUT2D eigenvalue weighted by Crippen LogP contribution is 2.27. The number of hydrogen-bond donors (Lipinski definition) is 1. The Morgan fingerprint density at radius 3 is 2.39 bits per heavy atom. The van der Waals surface area contributed by atoms with E-state index in [2.05, 4.69) is 15.9 Å². The van der Waals surface area contributed by atoms with E-state index in [1.165, 1.54) is 0 Å². The number of benzene rings is 2. The van der Waals surface area contributed by atoms with Crippen LogP contribution in [-0.4, -0.2) is 5.78 Å². The maximum absolute atomic E-state index is 12.3. The van der Waals surface area contributed by atoms with Crippen molar-refractivity contribution in [2.24, 2.45) is 0 Å². The molecular weight excluding hydrogens is 337 g/mol. The molecule has 0 heterocycles. The third-order valence-corrected chi connectivity index (χ3v) is 3.95. The highest BCUT2D eigenvalue weighted by Gasteiger charge is 2.14. The van der Waals surface area contributed by atoms with Gasteiger partial charge in [0.2, 0.25) is 0 Å². The Balaban J connectivity index is 2.44. The molecule has 0 saturated carbocycles. The summed E-state index contributed by atoms with van der Waals surface area (Å²) in [6.45, 7) is 0. The van der Waals surface area contributed by atoms with Gasteiger partial charge in [0.1, 0.15) is 0 Å². The topological polar surface area (TPSA) is 43.1 Å². The monoisotopic (exact) mass is 343 g/mol. The van der Waals surface area contributed by atoms with Gasteiger partial charge in [-0.1, -0.05) is 23.2 Å². The normalized spacial score (nSPS) is 10.4. The second kappa shape index (κ2) is 5.31. The minimum Gasteiger partial charge on any atom is -0.399 e. The van der Waals surface area contributed by atoms with E-state index in [4.69, 9.17) is 28.9 Å². The van der Waals surface area contributed by atoms with Crippen LogP contribution in [0.2, 0.25) is 10.0 Å². The van der Waals surface area contributed by atoms with Crippen LogP contribution in [0.4, 0.5) is 5.69 Å². The number of halogens is 3. The van der Waals surface area contributed by atoms with Gasteiger partial charge in [-0.3, -0.25) is 4.79 Å². The molecule has 5 heteroatoms. The van der Waals surface area contributed by atoms with Crippen LogP contribution in [0.5, 0.6) is 0 Å². The summed E-state index contributed by atoms with van der Waals surface area (Å²) in [4.78, 5) is 12.3. The number of carbonyl (C=O) groups is 1. The molecule has 0 unspecified atom stereocenters. The summed E-state index contributed by atoms with van der Waals surface area (Å²) >= 11 is 15.2. The third kappa shape index (κ3) is 2.69. The van der Waals surface area contributed by atoms with E-state index in [0.29, 0.717) is 31.3 Å². The van der Waals surface area contributed by atoms with Gasteiger partial charge in [-0.25, -0.2) is 0 Å². The van der Waals surface area contributed by atoms with Crippen LogP contribution in [0.15, 0.2) is 40.9 Å². The molecule has 0 amide bonds. The molecule has 0 aliphatic heterocycles. The molecular formula is C13H8BrCl2NO. The number of nitrogen functional groups attached to an aromatic ring is 1. The molecule has 2 nitrogen and oxygen atoms in total. The van der Waals surface area contributed by atoms with Gasteiger partial charge in [0.25, 0.3) is 0 Å². The average Bonchev–Trinajstić information content (AvgIpc) is 2.32. The maximum atomic E-state index is 12.3. The minimum absolute atomic E-state index is 0.169. The fraction of sp³-hybridized carbons (Fsp3) is 0. The molecule has 2 aromatic rings. The van der Waals surface area contributed by atoms with Gasteiger partial charge in [-0.05, 0) is 52.3 Å². The van der Waals surface area contributed by atoms with Crippen molar-refractivity contribution in [2.45, 2.75) is 0 Å². The van der Waals surface area contributed by atoms with Gasteiger partial charge in [-0.15, -0.1) is 0 Å². The average molecular weight is 345 g/mol. The first-order chi connectivity index (χ1) is 8.49. The summed E-state index contributed by atoms with van der Waals surface area (Å²) in [6, 6.07) is 9.79. The zero-order chi connectivity index (χ0) is 13.3. The highest BCUT2D eigenvalue weighted by atomic mass is 79.9. The maximum Gasteiger partial charge on any atom is 0.194 e. The Morgan fingerprint density at radius 1 is 1.06 bits per heavy atom. The molecule has 2 rings (SSSR count). The summed E-state index contributed by atoms with van der Waals surface area (Å²) in [6.07, 6.45) is 0. The Kier molecular flexibility index (Phi) is 3.95. The number of rotatable bonds is 2. The predicted octanol–water partition coefficient (Wildman–Crippen LogP) is 4.57. The van der Waals surface area contributed by atoms with Gasteiger partial charge in [0, 0.05) is 21.3 Å². The summed E-state index contributed by atoms with van der Waals surface area (Å²) in [5, 5.41) is 0.890.